The Morgan fingerprint density at radius 2 is 2.14 bits per heavy atom. The first-order chi connectivity index (χ1) is 6.27. The number of hydrogen-bond donors (Lipinski definition) is 0. The normalized spacial score (nSPS) is 29.4. The maximum absolute atomic E-state index is 5.55. The Balaban J connectivity index is 0.00000169. The minimum Gasteiger partial charge on any atom is -0.412 e. The summed E-state index contributed by atoms with van der Waals surface area (Å²) in [6.45, 7) is 6.63. The lowest BCUT2D eigenvalue weighted by molar-refractivity contribution is 0.0125. The van der Waals surface area contributed by atoms with Gasteiger partial charge in [-0.15, -0.1) is 0 Å². The fraction of sp³-hybridized carbons (Fsp3) is 1.00. The largest absolute Gasteiger partial charge is 0.412 e. The molecule has 1 fully saturated rings. The summed E-state index contributed by atoms with van der Waals surface area (Å²) in [6.07, 6.45) is 6.15. The Bertz CT molecular complexity index is 141. The Labute approximate surface area is 92.1 Å². The summed E-state index contributed by atoms with van der Waals surface area (Å²) in [5.74, 6) is 1.74. The van der Waals surface area contributed by atoms with Gasteiger partial charge in [0, 0.05) is 18.5 Å². The van der Waals surface area contributed by atoms with Crippen molar-refractivity contribution in [2.24, 2.45) is 11.8 Å². The van der Waals surface area contributed by atoms with Gasteiger partial charge in [0.15, 0.2) is 0 Å². The van der Waals surface area contributed by atoms with Gasteiger partial charge in [-0.2, -0.15) is 11.8 Å². The number of hydrogen-bond acceptors (Lipinski definition) is 2. The molecule has 0 aromatic heterocycles. The van der Waals surface area contributed by atoms with Crippen molar-refractivity contribution in [3.05, 3.63) is 0 Å². The summed E-state index contributed by atoms with van der Waals surface area (Å²) in [4.78, 5) is 0. The zero-order valence-corrected chi connectivity index (χ0v) is 10.4. The molecule has 0 radical (unpaired) electrons. The highest BCUT2D eigenvalue weighted by Gasteiger charge is 2.25. The molecule has 3 heteroatoms. The molecule has 1 rings (SSSR count). The van der Waals surface area contributed by atoms with Crippen LogP contribution in [-0.4, -0.2) is 30.2 Å². The van der Waals surface area contributed by atoms with E-state index in [9.17, 15) is 0 Å². The average molecular weight is 220 g/mol. The smallest absolute Gasteiger partial charge is 0.0497 e. The molecule has 2 nitrogen and oxygen atoms in total. The van der Waals surface area contributed by atoms with E-state index in [4.69, 9.17) is 4.74 Å². The van der Waals surface area contributed by atoms with Crippen LogP contribution in [0.2, 0.25) is 0 Å². The van der Waals surface area contributed by atoms with Crippen molar-refractivity contribution in [1.82, 2.24) is 0 Å². The molecular formula is C11H24O2S. The van der Waals surface area contributed by atoms with Crippen LogP contribution in [0, 0.1) is 11.8 Å². The van der Waals surface area contributed by atoms with E-state index in [1.165, 1.54) is 19.3 Å². The van der Waals surface area contributed by atoms with Crippen molar-refractivity contribution in [3.8, 4) is 0 Å². The van der Waals surface area contributed by atoms with E-state index in [2.05, 4.69) is 20.1 Å². The third kappa shape index (κ3) is 4.20. The van der Waals surface area contributed by atoms with Gasteiger partial charge in [0.1, 0.15) is 0 Å². The highest BCUT2D eigenvalue weighted by molar-refractivity contribution is 7.99. The number of thioether (sulfide) groups is 1. The van der Waals surface area contributed by atoms with Gasteiger partial charge in [-0.05, 0) is 30.9 Å². The van der Waals surface area contributed by atoms with E-state index in [0.29, 0.717) is 0 Å². The van der Waals surface area contributed by atoms with Crippen LogP contribution < -0.4 is 0 Å². The van der Waals surface area contributed by atoms with Gasteiger partial charge in [-0.3, -0.25) is 0 Å². The third-order valence-electron chi connectivity index (χ3n) is 3.19. The second kappa shape index (κ2) is 7.55. The van der Waals surface area contributed by atoms with Crippen molar-refractivity contribution in [3.63, 3.8) is 0 Å². The monoisotopic (exact) mass is 220 g/mol. The van der Waals surface area contributed by atoms with E-state index in [1.54, 1.807) is 0 Å². The van der Waals surface area contributed by atoms with Gasteiger partial charge in [0.2, 0.25) is 0 Å². The summed E-state index contributed by atoms with van der Waals surface area (Å²) in [5, 5.41) is 0.792. The van der Waals surface area contributed by atoms with Crippen LogP contribution in [0.25, 0.3) is 0 Å². The third-order valence-corrected chi connectivity index (χ3v) is 4.19. The van der Waals surface area contributed by atoms with Crippen LogP contribution in [0.15, 0.2) is 0 Å². The molecular weight excluding hydrogens is 196 g/mol. The standard InChI is InChI=1S/C11H22OS.H2O/c1-4-10-5-6-12-8-11(10)7-9(2)13-3;/h9-11H,4-8H2,1-3H3;1H2/t9?,10-,11?;/m1./s1. The number of rotatable bonds is 4. The second-order valence-corrected chi connectivity index (χ2v) is 5.35. The Morgan fingerprint density at radius 1 is 1.43 bits per heavy atom. The zero-order chi connectivity index (χ0) is 9.68. The summed E-state index contributed by atoms with van der Waals surface area (Å²) in [6, 6.07) is 0. The lowest BCUT2D eigenvalue weighted by atomic mass is 9.83. The highest BCUT2D eigenvalue weighted by Crippen LogP contribution is 2.30. The first kappa shape index (κ1) is 14.3. The molecule has 14 heavy (non-hydrogen) atoms. The first-order valence-corrected chi connectivity index (χ1v) is 6.67. The van der Waals surface area contributed by atoms with Gasteiger partial charge in [-0.25, -0.2) is 0 Å². The molecule has 3 atom stereocenters. The molecule has 0 aromatic rings. The van der Waals surface area contributed by atoms with Crippen molar-refractivity contribution in [2.75, 3.05) is 19.5 Å². The maximum atomic E-state index is 5.55. The summed E-state index contributed by atoms with van der Waals surface area (Å²) in [5.41, 5.74) is 0. The van der Waals surface area contributed by atoms with Crippen LogP contribution in [0.4, 0.5) is 0 Å². The molecule has 0 aromatic carbocycles. The zero-order valence-electron chi connectivity index (χ0n) is 9.58. The molecule has 2 unspecified atom stereocenters. The van der Waals surface area contributed by atoms with Crippen LogP contribution in [0.3, 0.4) is 0 Å². The van der Waals surface area contributed by atoms with Crippen molar-refractivity contribution in [2.45, 2.75) is 38.4 Å². The van der Waals surface area contributed by atoms with E-state index in [0.717, 1.165) is 30.3 Å². The van der Waals surface area contributed by atoms with Gasteiger partial charge >= 0.3 is 0 Å². The van der Waals surface area contributed by atoms with Gasteiger partial charge in [0.05, 0.1) is 0 Å². The molecule has 1 aliphatic heterocycles. The minimum atomic E-state index is 0. The van der Waals surface area contributed by atoms with E-state index in [-0.39, 0.29) is 5.48 Å². The molecule has 0 amide bonds. The van der Waals surface area contributed by atoms with Crippen molar-refractivity contribution >= 4 is 11.8 Å². The Morgan fingerprint density at radius 3 is 2.71 bits per heavy atom. The lowest BCUT2D eigenvalue weighted by Gasteiger charge is -2.32. The predicted molar refractivity (Wildman–Crippen MR) is 63.9 cm³/mol. The SMILES string of the molecule is CC[C@@H]1CCOCC1CC(C)SC.O. The Hall–Kier alpha value is 0.270. The molecule has 0 saturated carbocycles. The van der Waals surface area contributed by atoms with Gasteiger partial charge < -0.3 is 10.2 Å². The van der Waals surface area contributed by atoms with Crippen LogP contribution in [-0.2, 0) is 4.74 Å². The summed E-state index contributed by atoms with van der Waals surface area (Å²) >= 11 is 1.98. The molecule has 0 spiro atoms. The number of ether oxygens (including phenoxy) is 1. The highest BCUT2D eigenvalue weighted by atomic mass is 32.2. The van der Waals surface area contributed by atoms with Crippen molar-refractivity contribution < 1.29 is 10.2 Å². The fourth-order valence-corrected chi connectivity index (χ4v) is 2.60. The van der Waals surface area contributed by atoms with Gasteiger partial charge in [0.25, 0.3) is 0 Å². The fourth-order valence-electron chi connectivity index (χ4n) is 2.16. The minimum absolute atomic E-state index is 0. The Kier molecular flexibility index (Phi) is 7.69. The van der Waals surface area contributed by atoms with Crippen LogP contribution in [0.5, 0.6) is 0 Å². The molecule has 1 saturated heterocycles. The molecule has 86 valence electrons. The molecule has 1 aliphatic rings. The summed E-state index contributed by atoms with van der Waals surface area (Å²) in [7, 11) is 0. The topological polar surface area (TPSA) is 40.7 Å². The molecule has 0 bridgehead atoms. The van der Waals surface area contributed by atoms with E-state index < -0.39 is 0 Å². The van der Waals surface area contributed by atoms with E-state index >= 15 is 0 Å². The predicted octanol–water partition coefficient (Wildman–Crippen LogP) is 2.37. The summed E-state index contributed by atoms with van der Waals surface area (Å²) < 4.78 is 5.55. The molecule has 2 N–H and O–H groups in total. The molecule has 1 heterocycles. The van der Waals surface area contributed by atoms with Crippen molar-refractivity contribution in [1.29, 1.82) is 0 Å². The average Bonchev–Trinajstić information content (AvgIpc) is 2.18. The van der Waals surface area contributed by atoms with E-state index in [1.807, 2.05) is 11.8 Å². The molecule has 0 aliphatic carbocycles. The van der Waals surface area contributed by atoms with Crippen LogP contribution >= 0.6 is 11.8 Å². The maximum Gasteiger partial charge on any atom is 0.0497 e. The second-order valence-electron chi connectivity index (χ2n) is 4.07. The lowest BCUT2D eigenvalue weighted by Crippen LogP contribution is -2.29. The quantitative estimate of drug-likeness (QED) is 0.730. The van der Waals surface area contributed by atoms with Gasteiger partial charge in [-0.1, -0.05) is 20.3 Å². The first-order valence-electron chi connectivity index (χ1n) is 5.38. The van der Waals surface area contributed by atoms with Crippen LogP contribution in [0.1, 0.15) is 33.1 Å².